The highest BCUT2D eigenvalue weighted by atomic mass is 35.5. The van der Waals surface area contributed by atoms with E-state index in [1.54, 1.807) is 0 Å². The van der Waals surface area contributed by atoms with Gasteiger partial charge in [0.2, 0.25) is 15.9 Å². The van der Waals surface area contributed by atoms with Gasteiger partial charge in [0.25, 0.3) is 0 Å². The van der Waals surface area contributed by atoms with Crippen LogP contribution in [0.1, 0.15) is 12.8 Å². The second-order valence-corrected chi connectivity index (χ2v) is 6.35. The Bertz CT molecular complexity index is 596. The maximum atomic E-state index is 13.5. The van der Waals surface area contributed by atoms with Crippen LogP contribution in [0.25, 0.3) is 0 Å². The van der Waals surface area contributed by atoms with Gasteiger partial charge in [0.15, 0.2) is 0 Å². The highest BCUT2D eigenvalue weighted by Gasteiger charge is 2.26. The summed E-state index contributed by atoms with van der Waals surface area (Å²) in [5.74, 6) is -0.985. The van der Waals surface area contributed by atoms with E-state index in [1.165, 1.54) is 6.07 Å². The lowest BCUT2D eigenvalue weighted by Crippen LogP contribution is -2.47. The molecule has 1 aliphatic heterocycles. The normalized spacial score (nSPS) is 20.1. The Morgan fingerprint density at radius 1 is 1.42 bits per heavy atom. The summed E-state index contributed by atoms with van der Waals surface area (Å²) in [4.78, 5) is 10.5. The van der Waals surface area contributed by atoms with Crippen molar-refractivity contribution >= 4 is 27.5 Å². The van der Waals surface area contributed by atoms with Crippen LogP contribution in [0.5, 0.6) is 0 Å². The van der Waals surface area contributed by atoms with Crippen molar-refractivity contribution in [2.75, 3.05) is 6.54 Å². The maximum Gasteiger partial charge on any atom is 0.243 e. The summed E-state index contributed by atoms with van der Waals surface area (Å²) in [7, 11) is -3.99. The van der Waals surface area contributed by atoms with Crippen LogP contribution in [0, 0.1) is 5.82 Å². The van der Waals surface area contributed by atoms with Crippen molar-refractivity contribution in [1.29, 1.82) is 0 Å². The first-order valence-corrected chi connectivity index (χ1v) is 7.49. The number of rotatable bonds is 3. The first-order chi connectivity index (χ1) is 8.88. The molecule has 5 nitrogen and oxygen atoms in total. The maximum absolute atomic E-state index is 13.5. The van der Waals surface area contributed by atoms with Gasteiger partial charge in [0, 0.05) is 24.0 Å². The molecule has 1 atom stereocenters. The Kier molecular flexibility index (Phi) is 4.07. The van der Waals surface area contributed by atoms with Crippen LogP contribution < -0.4 is 10.0 Å². The Labute approximate surface area is 115 Å². The molecule has 19 heavy (non-hydrogen) atoms. The zero-order chi connectivity index (χ0) is 14.0. The molecule has 104 valence electrons. The molecule has 0 radical (unpaired) electrons. The fourth-order valence-electron chi connectivity index (χ4n) is 1.80. The fraction of sp³-hybridized carbons (Fsp3) is 0.364. The molecule has 0 saturated carbocycles. The predicted octanol–water partition coefficient (Wildman–Crippen LogP) is 1.04. The molecular formula is C11H12ClFN2O3S. The van der Waals surface area contributed by atoms with Crippen molar-refractivity contribution in [3.8, 4) is 0 Å². The summed E-state index contributed by atoms with van der Waals surface area (Å²) < 4.78 is 40.0. The van der Waals surface area contributed by atoms with Crippen LogP contribution in [-0.2, 0) is 14.8 Å². The number of hydrogen-bond donors (Lipinski definition) is 2. The lowest BCUT2D eigenvalue weighted by atomic mass is 10.1. The zero-order valence-electron chi connectivity index (χ0n) is 9.82. The minimum atomic E-state index is -3.99. The molecule has 1 aliphatic rings. The number of carbonyl (C=O) groups excluding carboxylic acids is 1. The van der Waals surface area contributed by atoms with Crippen LogP contribution in [0.15, 0.2) is 23.1 Å². The number of nitrogens with one attached hydrogen (secondary N) is 2. The van der Waals surface area contributed by atoms with Crippen LogP contribution in [0.2, 0.25) is 5.02 Å². The molecule has 1 amide bonds. The van der Waals surface area contributed by atoms with Gasteiger partial charge in [-0.15, -0.1) is 0 Å². The predicted molar refractivity (Wildman–Crippen MR) is 67.8 cm³/mol. The fourth-order valence-corrected chi connectivity index (χ4v) is 3.41. The van der Waals surface area contributed by atoms with Crippen molar-refractivity contribution in [3.05, 3.63) is 29.0 Å². The van der Waals surface area contributed by atoms with Crippen molar-refractivity contribution < 1.29 is 17.6 Å². The molecule has 1 fully saturated rings. The number of benzene rings is 1. The van der Waals surface area contributed by atoms with Crippen molar-refractivity contribution in [1.82, 2.24) is 10.0 Å². The lowest BCUT2D eigenvalue weighted by Gasteiger charge is -2.23. The molecule has 2 rings (SSSR count). The minimum absolute atomic E-state index is 0.121. The van der Waals surface area contributed by atoms with Crippen LogP contribution in [-0.4, -0.2) is 26.9 Å². The summed E-state index contributed by atoms with van der Waals surface area (Å²) in [6.45, 7) is 0.195. The summed E-state index contributed by atoms with van der Waals surface area (Å²) in [5.41, 5.74) is 0. The first-order valence-electron chi connectivity index (χ1n) is 5.62. The van der Waals surface area contributed by atoms with E-state index in [4.69, 9.17) is 11.6 Å². The van der Waals surface area contributed by atoms with Gasteiger partial charge >= 0.3 is 0 Å². The third-order valence-corrected chi connectivity index (χ3v) is 4.54. The van der Waals surface area contributed by atoms with Gasteiger partial charge in [0.05, 0.1) is 0 Å². The first kappa shape index (κ1) is 14.2. The second-order valence-electron chi connectivity index (χ2n) is 4.24. The average Bonchev–Trinajstić information content (AvgIpc) is 2.35. The molecule has 2 N–H and O–H groups in total. The van der Waals surface area contributed by atoms with Gasteiger partial charge in [-0.1, -0.05) is 11.6 Å². The number of piperidine rings is 1. The molecule has 1 heterocycles. The second kappa shape index (κ2) is 5.44. The highest BCUT2D eigenvalue weighted by Crippen LogP contribution is 2.20. The molecule has 0 aromatic heterocycles. The third-order valence-electron chi connectivity index (χ3n) is 2.77. The molecule has 0 bridgehead atoms. The topological polar surface area (TPSA) is 75.3 Å². The molecule has 8 heteroatoms. The van der Waals surface area contributed by atoms with Gasteiger partial charge in [-0.25, -0.2) is 17.5 Å². The highest BCUT2D eigenvalue weighted by molar-refractivity contribution is 7.89. The van der Waals surface area contributed by atoms with Crippen LogP contribution in [0.4, 0.5) is 4.39 Å². The van der Waals surface area contributed by atoms with Crippen LogP contribution in [0.3, 0.4) is 0 Å². The molecule has 0 spiro atoms. The molecule has 1 unspecified atom stereocenters. The van der Waals surface area contributed by atoms with Gasteiger partial charge in [-0.05, 0) is 24.6 Å². The molecule has 1 aromatic carbocycles. The molecule has 1 aromatic rings. The minimum Gasteiger partial charge on any atom is -0.355 e. The van der Waals surface area contributed by atoms with E-state index < -0.39 is 26.8 Å². The van der Waals surface area contributed by atoms with E-state index in [2.05, 4.69) is 10.0 Å². The largest absolute Gasteiger partial charge is 0.355 e. The van der Waals surface area contributed by atoms with Crippen molar-refractivity contribution in [2.24, 2.45) is 0 Å². The zero-order valence-corrected chi connectivity index (χ0v) is 11.4. The SMILES string of the molecule is O=C1CCC(NS(=O)(=O)c2cc(Cl)ccc2F)CN1. The number of carbonyl (C=O) groups is 1. The standard InChI is InChI=1S/C11H12ClFN2O3S/c12-7-1-3-9(13)10(5-7)19(17,18)15-8-2-4-11(16)14-6-8/h1,3,5,8,15H,2,4,6H2,(H,14,16). The molecule has 0 aliphatic carbocycles. The molecule has 1 saturated heterocycles. The Hall–Kier alpha value is -1.18. The quantitative estimate of drug-likeness (QED) is 0.876. The number of hydrogen-bond acceptors (Lipinski definition) is 3. The van der Waals surface area contributed by atoms with E-state index in [-0.39, 0.29) is 23.9 Å². The Morgan fingerprint density at radius 2 is 2.16 bits per heavy atom. The van der Waals surface area contributed by atoms with Gasteiger partial charge in [-0.2, -0.15) is 0 Å². The third kappa shape index (κ3) is 3.43. The van der Waals surface area contributed by atoms with E-state index in [0.717, 1.165) is 12.1 Å². The number of sulfonamides is 1. The summed E-state index contributed by atoms with van der Waals surface area (Å²) in [5, 5.41) is 2.68. The summed E-state index contributed by atoms with van der Waals surface area (Å²) in [6, 6.07) is 2.89. The van der Waals surface area contributed by atoms with Crippen molar-refractivity contribution in [3.63, 3.8) is 0 Å². The average molecular weight is 307 g/mol. The van der Waals surface area contributed by atoms with E-state index >= 15 is 0 Å². The summed E-state index contributed by atoms with van der Waals surface area (Å²) >= 11 is 5.67. The van der Waals surface area contributed by atoms with Gasteiger partial charge in [-0.3, -0.25) is 4.79 Å². The van der Waals surface area contributed by atoms with E-state index in [1.807, 2.05) is 0 Å². The Balaban J connectivity index is 2.18. The number of amides is 1. The number of halogens is 2. The smallest absolute Gasteiger partial charge is 0.243 e. The van der Waals surface area contributed by atoms with Gasteiger partial charge in [0.1, 0.15) is 10.7 Å². The molecular weight excluding hydrogens is 295 g/mol. The van der Waals surface area contributed by atoms with E-state index in [9.17, 15) is 17.6 Å². The van der Waals surface area contributed by atoms with Gasteiger partial charge < -0.3 is 5.32 Å². The monoisotopic (exact) mass is 306 g/mol. The summed E-state index contributed by atoms with van der Waals surface area (Å²) in [6.07, 6.45) is 0.623. The van der Waals surface area contributed by atoms with Crippen molar-refractivity contribution in [2.45, 2.75) is 23.8 Å². The van der Waals surface area contributed by atoms with E-state index in [0.29, 0.717) is 6.42 Å². The lowest BCUT2D eigenvalue weighted by molar-refractivity contribution is -0.122. The van der Waals surface area contributed by atoms with Crippen LogP contribution >= 0.6 is 11.6 Å². The Morgan fingerprint density at radius 3 is 2.79 bits per heavy atom.